The largest absolute Gasteiger partial charge is 0.482 e. The molecule has 1 amide bonds. The Balaban J connectivity index is 1.60. The zero-order chi connectivity index (χ0) is 16.9. The van der Waals surface area contributed by atoms with Crippen molar-refractivity contribution in [2.24, 2.45) is 0 Å². The fourth-order valence-electron chi connectivity index (χ4n) is 2.62. The van der Waals surface area contributed by atoms with Gasteiger partial charge in [-0.2, -0.15) is 5.26 Å². The molecule has 5 nitrogen and oxygen atoms in total. The first-order valence-electron chi connectivity index (χ1n) is 7.65. The standard InChI is InChI=1S/C18H16FN3O2/c19-14-6-7-15(13(10-14)11-20)21-8-3-9-22-16-4-1-2-5-17(16)24-12-18(22)23/h1-2,4-7,10,21H,3,8-9,12H2. The number of halogens is 1. The summed E-state index contributed by atoms with van der Waals surface area (Å²) in [5.41, 5.74) is 1.63. The Morgan fingerprint density at radius 2 is 2.12 bits per heavy atom. The molecule has 0 aromatic heterocycles. The molecule has 1 heterocycles. The van der Waals surface area contributed by atoms with E-state index in [1.165, 1.54) is 12.1 Å². The first-order chi connectivity index (χ1) is 11.7. The second-order valence-electron chi connectivity index (χ2n) is 5.38. The van der Waals surface area contributed by atoms with Crippen LogP contribution in [0.2, 0.25) is 0 Å². The van der Waals surface area contributed by atoms with Gasteiger partial charge in [-0.05, 0) is 36.8 Å². The van der Waals surface area contributed by atoms with E-state index in [1.54, 1.807) is 11.0 Å². The summed E-state index contributed by atoms with van der Waals surface area (Å²) in [6, 6.07) is 13.4. The predicted molar refractivity (Wildman–Crippen MR) is 88.5 cm³/mol. The van der Waals surface area contributed by atoms with Gasteiger partial charge in [0.05, 0.1) is 16.9 Å². The number of carbonyl (C=O) groups excluding carboxylic acids is 1. The summed E-state index contributed by atoms with van der Waals surface area (Å²) in [4.78, 5) is 13.8. The minimum atomic E-state index is -0.437. The number of benzene rings is 2. The van der Waals surface area contributed by atoms with Crippen molar-refractivity contribution >= 4 is 17.3 Å². The van der Waals surface area contributed by atoms with Gasteiger partial charge in [-0.1, -0.05) is 12.1 Å². The molecule has 0 spiro atoms. The first-order valence-corrected chi connectivity index (χ1v) is 7.65. The molecule has 0 aliphatic carbocycles. The van der Waals surface area contributed by atoms with E-state index >= 15 is 0 Å². The number of hydrogen-bond donors (Lipinski definition) is 1. The molecule has 0 bridgehead atoms. The van der Waals surface area contributed by atoms with Crippen molar-refractivity contribution < 1.29 is 13.9 Å². The van der Waals surface area contributed by atoms with Crippen LogP contribution >= 0.6 is 0 Å². The van der Waals surface area contributed by atoms with Gasteiger partial charge >= 0.3 is 0 Å². The van der Waals surface area contributed by atoms with Crippen molar-refractivity contribution in [3.8, 4) is 11.8 Å². The molecule has 0 saturated carbocycles. The molecule has 6 heteroatoms. The van der Waals surface area contributed by atoms with E-state index in [0.29, 0.717) is 30.9 Å². The van der Waals surface area contributed by atoms with Gasteiger partial charge in [0.15, 0.2) is 6.61 Å². The van der Waals surface area contributed by atoms with Gasteiger partial charge in [-0.25, -0.2) is 4.39 Å². The molecule has 0 unspecified atom stereocenters. The molecule has 122 valence electrons. The highest BCUT2D eigenvalue weighted by atomic mass is 19.1. The number of amides is 1. The number of fused-ring (bicyclic) bond motifs is 1. The van der Waals surface area contributed by atoms with Crippen LogP contribution in [0.5, 0.6) is 5.75 Å². The van der Waals surface area contributed by atoms with E-state index in [4.69, 9.17) is 10.00 Å². The van der Waals surface area contributed by atoms with Gasteiger partial charge in [0.2, 0.25) is 0 Å². The zero-order valence-corrected chi connectivity index (χ0v) is 13.0. The molecule has 0 saturated heterocycles. The normalized spacial score (nSPS) is 13.0. The molecule has 2 aromatic rings. The average Bonchev–Trinajstić information content (AvgIpc) is 2.61. The van der Waals surface area contributed by atoms with Crippen LogP contribution in [0.4, 0.5) is 15.8 Å². The zero-order valence-electron chi connectivity index (χ0n) is 13.0. The van der Waals surface area contributed by atoms with Crippen LogP contribution in [0.3, 0.4) is 0 Å². The van der Waals surface area contributed by atoms with Gasteiger partial charge in [0, 0.05) is 13.1 Å². The molecule has 3 rings (SSSR count). The lowest BCUT2D eigenvalue weighted by atomic mass is 10.2. The number of anilines is 2. The van der Waals surface area contributed by atoms with Crippen LogP contribution in [0.1, 0.15) is 12.0 Å². The van der Waals surface area contributed by atoms with Crippen molar-refractivity contribution in [1.82, 2.24) is 0 Å². The summed E-state index contributed by atoms with van der Waals surface area (Å²) in [5.74, 6) is 0.191. The summed E-state index contributed by atoms with van der Waals surface area (Å²) in [6.45, 7) is 1.14. The van der Waals surface area contributed by atoms with Crippen molar-refractivity contribution in [3.05, 3.63) is 53.8 Å². The summed E-state index contributed by atoms with van der Waals surface area (Å²) in [6.07, 6.45) is 0.683. The Labute approximate surface area is 139 Å². The number of rotatable bonds is 5. The number of nitrogens with one attached hydrogen (secondary N) is 1. The number of nitrogens with zero attached hydrogens (tertiary/aromatic N) is 2. The van der Waals surface area contributed by atoms with Crippen molar-refractivity contribution in [1.29, 1.82) is 5.26 Å². The maximum absolute atomic E-state index is 13.1. The van der Waals surface area contributed by atoms with E-state index in [0.717, 1.165) is 5.69 Å². The van der Waals surface area contributed by atoms with Gasteiger partial charge in [-0.3, -0.25) is 4.79 Å². The minimum absolute atomic E-state index is 0.0426. The lowest BCUT2D eigenvalue weighted by molar-refractivity contribution is -0.121. The third kappa shape index (κ3) is 3.30. The van der Waals surface area contributed by atoms with Gasteiger partial charge in [-0.15, -0.1) is 0 Å². The maximum Gasteiger partial charge on any atom is 0.265 e. The van der Waals surface area contributed by atoms with Crippen molar-refractivity contribution in [2.75, 3.05) is 29.9 Å². The molecular weight excluding hydrogens is 309 g/mol. The highest BCUT2D eigenvalue weighted by molar-refractivity contribution is 5.97. The van der Waals surface area contributed by atoms with Gasteiger partial charge < -0.3 is 15.0 Å². The second kappa shape index (κ2) is 7.01. The lowest BCUT2D eigenvalue weighted by Crippen LogP contribution is -2.39. The van der Waals surface area contributed by atoms with E-state index < -0.39 is 5.82 Å². The molecule has 0 atom stereocenters. The minimum Gasteiger partial charge on any atom is -0.482 e. The molecule has 1 aliphatic heterocycles. The first kappa shape index (κ1) is 15.8. The smallest absolute Gasteiger partial charge is 0.265 e. The van der Waals surface area contributed by atoms with E-state index in [1.807, 2.05) is 30.3 Å². The third-order valence-corrected chi connectivity index (χ3v) is 3.78. The lowest BCUT2D eigenvalue weighted by Gasteiger charge is -2.29. The average molecular weight is 325 g/mol. The molecule has 24 heavy (non-hydrogen) atoms. The molecule has 0 fully saturated rings. The van der Waals surface area contributed by atoms with Crippen LogP contribution < -0.4 is 15.0 Å². The van der Waals surface area contributed by atoms with Crippen molar-refractivity contribution in [2.45, 2.75) is 6.42 Å². The highest BCUT2D eigenvalue weighted by Crippen LogP contribution is 2.31. The third-order valence-electron chi connectivity index (χ3n) is 3.78. The molecule has 1 aliphatic rings. The summed E-state index contributed by atoms with van der Waals surface area (Å²) in [5, 5.41) is 12.1. The summed E-state index contributed by atoms with van der Waals surface area (Å²) < 4.78 is 18.5. The van der Waals surface area contributed by atoms with Crippen LogP contribution in [0.15, 0.2) is 42.5 Å². The molecule has 2 aromatic carbocycles. The number of carbonyl (C=O) groups is 1. The van der Waals surface area contributed by atoms with Gasteiger partial charge in [0.25, 0.3) is 5.91 Å². The van der Waals surface area contributed by atoms with E-state index in [2.05, 4.69) is 5.32 Å². The summed E-state index contributed by atoms with van der Waals surface area (Å²) >= 11 is 0. The van der Waals surface area contributed by atoms with Crippen LogP contribution in [0, 0.1) is 17.1 Å². The van der Waals surface area contributed by atoms with Crippen LogP contribution in [0.25, 0.3) is 0 Å². The highest BCUT2D eigenvalue weighted by Gasteiger charge is 2.24. The predicted octanol–water partition coefficient (Wildman–Crippen LogP) is 2.92. The fourth-order valence-corrected chi connectivity index (χ4v) is 2.62. The Bertz CT molecular complexity index is 801. The number of para-hydroxylation sites is 2. The maximum atomic E-state index is 13.1. The van der Waals surface area contributed by atoms with E-state index in [9.17, 15) is 9.18 Å². The number of hydrogen-bond acceptors (Lipinski definition) is 4. The Morgan fingerprint density at radius 1 is 1.29 bits per heavy atom. The Kier molecular flexibility index (Phi) is 4.62. The topological polar surface area (TPSA) is 65.4 Å². The van der Waals surface area contributed by atoms with Gasteiger partial charge in [0.1, 0.15) is 17.6 Å². The van der Waals surface area contributed by atoms with E-state index in [-0.39, 0.29) is 18.1 Å². The quantitative estimate of drug-likeness (QED) is 0.859. The number of nitriles is 1. The van der Waals surface area contributed by atoms with Crippen LogP contribution in [-0.2, 0) is 4.79 Å². The monoisotopic (exact) mass is 325 g/mol. The Hall–Kier alpha value is -3.07. The molecule has 1 N–H and O–H groups in total. The fraction of sp³-hybridized carbons (Fsp3) is 0.222. The summed E-state index contributed by atoms with van der Waals surface area (Å²) in [7, 11) is 0. The molecule has 0 radical (unpaired) electrons. The van der Waals surface area contributed by atoms with Crippen molar-refractivity contribution in [3.63, 3.8) is 0 Å². The molecular formula is C18H16FN3O2. The van der Waals surface area contributed by atoms with Crippen LogP contribution in [-0.4, -0.2) is 25.6 Å². The Morgan fingerprint density at radius 3 is 2.96 bits per heavy atom. The second-order valence-corrected chi connectivity index (χ2v) is 5.38. The SMILES string of the molecule is N#Cc1cc(F)ccc1NCCCN1C(=O)COc2ccccc21. The number of ether oxygens (including phenoxy) is 1.